The third-order valence-electron chi connectivity index (χ3n) is 4.49. The minimum Gasteiger partial charge on any atom is -0.350 e. The van der Waals surface area contributed by atoms with Crippen molar-refractivity contribution in [2.75, 3.05) is 5.75 Å². The Morgan fingerprint density at radius 1 is 1.03 bits per heavy atom. The van der Waals surface area contributed by atoms with E-state index in [1.165, 1.54) is 5.56 Å². The van der Waals surface area contributed by atoms with Crippen LogP contribution in [0.15, 0.2) is 54.6 Å². The summed E-state index contributed by atoms with van der Waals surface area (Å²) in [4.78, 5) is 27.8. The Labute approximate surface area is 189 Å². The van der Waals surface area contributed by atoms with Crippen LogP contribution in [0.2, 0.25) is 5.02 Å². The fraction of sp³-hybridized carbons (Fsp3) is 0.417. The Hall–Kier alpha value is -1.98. The third kappa shape index (κ3) is 8.04. The topological polar surface area (TPSA) is 49.4 Å². The zero-order chi connectivity index (χ0) is 22.1. The van der Waals surface area contributed by atoms with Crippen LogP contribution < -0.4 is 5.32 Å². The van der Waals surface area contributed by atoms with Gasteiger partial charge in [-0.3, -0.25) is 9.59 Å². The Morgan fingerprint density at radius 3 is 2.23 bits per heavy atom. The summed E-state index contributed by atoms with van der Waals surface area (Å²) in [5, 5.41) is 3.67. The van der Waals surface area contributed by atoms with Crippen molar-refractivity contribution in [3.63, 3.8) is 0 Å². The second kappa shape index (κ2) is 11.4. The second-order valence-electron chi connectivity index (χ2n) is 8.29. The molecule has 162 valence electrons. The van der Waals surface area contributed by atoms with E-state index >= 15 is 0 Å². The predicted octanol–water partition coefficient (Wildman–Crippen LogP) is 5.30. The number of benzene rings is 2. The monoisotopic (exact) mass is 446 g/mol. The van der Waals surface area contributed by atoms with Gasteiger partial charge in [-0.1, -0.05) is 61.0 Å². The average Bonchev–Trinajstić information content (AvgIpc) is 2.68. The van der Waals surface area contributed by atoms with Gasteiger partial charge in [-0.2, -0.15) is 0 Å². The Balaban J connectivity index is 2.14. The normalized spacial score (nSPS) is 12.3. The van der Waals surface area contributed by atoms with Gasteiger partial charge in [0.05, 0.1) is 5.75 Å². The molecule has 0 saturated heterocycles. The van der Waals surface area contributed by atoms with Crippen molar-refractivity contribution >= 4 is 35.2 Å². The molecule has 0 aliphatic rings. The average molecular weight is 447 g/mol. The molecule has 0 bridgehead atoms. The predicted molar refractivity (Wildman–Crippen MR) is 127 cm³/mol. The fourth-order valence-electron chi connectivity index (χ4n) is 3.07. The minimum atomic E-state index is -0.523. The summed E-state index contributed by atoms with van der Waals surface area (Å²) in [6, 6.07) is 16.9. The number of thioether (sulfide) groups is 1. The molecule has 1 N–H and O–H groups in total. The highest BCUT2D eigenvalue weighted by Gasteiger charge is 2.30. The van der Waals surface area contributed by atoms with Gasteiger partial charge in [-0.15, -0.1) is 11.8 Å². The van der Waals surface area contributed by atoms with Crippen LogP contribution in [0, 0.1) is 0 Å². The van der Waals surface area contributed by atoms with Gasteiger partial charge in [0.2, 0.25) is 11.8 Å². The zero-order valence-electron chi connectivity index (χ0n) is 18.2. The van der Waals surface area contributed by atoms with E-state index in [9.17, 15) is 9.59 Å². The maximum atomic E-state index is 13.2. The van der Waals surface area contributed by atoms with Crippen LogP contribution in [-0.2, 0) is 21.9 Å². The number of nitrogens with one attached hydrogen (secondary N) is 1. The number of hydrogen-bond donors (Lipinski definition) is 1. The van der Waals surface area contributed by atoms with Gasteiger partial charge in [-0.05, 0) is 50.5 Å². The molecule has 0 unspecified atom stereocenters. The molecule has 0 spiro atoms. The van der Waals surface area contributed by atoms with E-state index in [-0.39, 0.29) is 17.4 Å². The smallest absolute Gasteiger partial charge is 0.243 e. The molecule has 0 fully saturated rings. The molecule has 2 rings (SSSR count). The summed E-state index contributed by atoms with van der Waals surface area (Å²) in [7, 11) is 0. The molecule has 2 amide bonds. The van der Waals surface area contributed by atoms with Crippen LogP contribution in [0.25, 0.3) is 0 Å². The van der Waals surface area contributed by atoms with E-state index in [4.69, 9.17) is 11.6 Å². The molecule has 6 heteroatoms. The van der Waals surface area contributed by atoms with Crippen LogP contribution in [0.5, 0.6) is 0 Å². The first kappa shape index (κ1) is 24.3. The second-order valence-corrected chi connectivity index (χ2v) is 9.71. The standard InChI is InChI=1S/C24H31ClN2O2S/c1-5-21(23(29)26-24(2,3)4)27(15-18-11-13-20(25)14-12-18)22(28)17-30-16-19-9-7-6-8-10-19/h6-14,21H,5,15-17H2,1-4H3,(H,26,29)/t21-/m1/s1. The summed E-state index contributed by atoms with van der Waals surface area (Å²) in [5.74, 6) is 0.913. The van der Waals surface area contributed by atoms with Crippen LogP contribution in [0.3, 0.4) is 0 Å². The third-order valence-corrected chi connectivity index (χ3v) is 5.73. The molecule has 0 radical (unpaired) electrons. The first-order valence-corrected chi connectivity index (χ1v) is 11.7. The van der Waals surface area contributed by atoms with Crippen molar-refractivity contribution in [1.29, 1.82) is 0 Å². The van der Waals surface area contributed by atoms with Gasteiger partial charge < -0.3 is 10.2 Å². The molecule has 4 nitrogen and oxygen atoms in total. The zero-order valence-corrected chi connectivity index (χ0v) is 19.7. The summed E-state index contributed by atoms with van der Waals surface area (Å²) in [6.07, 6.45) is 0.546. The number of halogens is 1. The van der Waals surface area contributed by atoms with Gasteiger partial charge in [0.15, 0.2) is 0 Å². The maximum Gasteiger partial charge on any atom is 0.243 e. The van der Waals surface area contributed by atoms with Gasteiger partial charge in [-0.25, -0.2) is 0 Å². The molecule has 0 heterocycles. The van der Waals surface area contributed by atoms with Crippen LogP contribution >= 0.6 is 23.4 Å². The van der Waals surface area contributed by atoms with Gasteiger partial charge >= 0.3 is 0 Å². The van der Waals surface area contributed by atoms with E-state index in [1.807, 2.05) is 58.0 Å². The summed E-state index contributed by atoms with van der Waals surface area (Å²) in [6.45, 7) is 8.14. The van der Waals surface area contributed by atoms with Crippen molar-refractivity contribution in [2.45, 2.75) is 58.0 Å². The molecule has 2 aromatic rings. The van der Waals surface area contributed by atoms with E-state index < -0.39 is 6.04 Å². The summed E-state index contributed by atoms with van der Waals surface area (Å²) in [5.41, 5.74) is 1.77. The molecule has 1 atom stereocenters. The van der Waals surface area contributed by atoms with Crippen LogP contribution in [-0.4, -0.2) is 34.0 Å². The highest BCUT2D eigenvalue weighted by Crippen LogP contribution is 2.19. The molecule has 2 aromatic carbocycles. The summed E-state index contributed by atoms with van der Waals surface area (Å²) >= 11 is 7.57. The Kier molecular flexibility index (Phi) is 9.25. The molecular formula is C24H31ClN2O2S. The first-order valence-electron chi connectivity index (χ1n) is 10.2. The molecule has 30 heavy (non-hydrogen) atoms. The largest absolute Gasteiger partial charge is 0.350 e. The number of carbonyl (C=O) groups excluding carboxylic acids is 2. The van der Waals surface area contributed by atoms with Crippen molar-refractivity contribution in [3.8, 4) is 0 Å². The van der Waals surface area contributed by atoms with E-state index in [1.54, 1.807) is 28.8 Å². The van der Waals surface area contributed by atoms with E-state index in [0.717, 1.165) is 11.3 Å². The molecule has 0 saturated carbocycles. The maximum absolute atomic E-state index is 13.2. The molecular weight excluding hydrogens is 416 g/mol. The number of nitrogens with zero attached hydrogens (tertiary/aromatic N) is 1. The number of carbonyl (C=O) groups is 2. The number of amides is 2. The number of rotatable bonds is 9. The molecule has 0 aliphatic carbocycles. The first-order chi connectivity index (χ1) is 14.2. The lowest BCUT2D eigenvalue weighted by atomic mass is 10.1. The summed E-state index contributed by atoms with van der Waals surface area (Å²) < 4.78 is 0. The van der Waals surface area contributed by atoms with Crippen molar-refractivity contribution in [3.05, 3.63) is 70.7 Å². The lowest BCUT2D eigenvalue weighted by molar-refractivity contribution is -0.140. The Morgan fingerprint density at radius 2 is 1.67 bits per heavy atom. The Bertz CT molecular complexity index is 819. The van der Waals surface area contributed by atoms with Gasteiger partial charge in [0.25, 0.3) is 0 Å². The van der Waals surface area contributed by atoms with Gasteiger partial charge in [0.1, 0.15) is 6.04 Å². The minimum absolute atomic E-state index is 0.0400. The lowest BCUT2D eigenvalue weighted by Gasteiger charge is -2.33. The quantitative estimate of drug-likeness (QED) is 0.568. The fourth-order valence-corrected chi connectivity index (χ4v) is 4.07. The van der Waals surface area contributed by atoms with Crippen LogP contribution in [0.1, 0.15) is 45.2 Å². The highest BCUT2D eigenvalue weighted by molar-refractivity contribution is 7.99. The SMILES string of the molecule is CC[C@H](C(=O)NC(C)(C)C)N(Cc1ccc(Cl)cc1)C(=O)CSCc1ccccc1. The molecule has 0 aromatic heterocycles. The van der Waals surface area contributed by atoms with E-state index in [2.05, 4.69) is 17.4 Å². The lowest BCUT2D eigenvalue weighted by Crippen LogP contribution is -2.53. The highest BCUT2D eigenvalue weighted by atomic mass is 35.5. The van der Waals surface area contributed by atoms with Crippen molar-refractivity contribution in [2.24, 2.45) is 0 Å². The van der Waals surface area contributed by atoms with Crippen LogP contribution in [0.4, 0.5) is 0 Å². The van der Waals surface area contributed by atoms with Gasteiger partial charge in [0, 0.05) is 22.9 Å². The van der Waals surface area contributed by atoms with Crippen molar-refractivity contribution < 1.29 is 9.59 Å². The van der Waals surface area contributed by atoms with E-state index in [0.29, 0.717) is 23.7 Å². The van der Waals surface area contributed by atoms with Crippen molar-refractivity contribution in [1.82, 2.24) is 10.2 Å². The number of hydrogen-bond acceptors (Lipinski definition) is 3. The molecule has 0 aliphatic heterocycles.